The van der Waals surface area contributed by atoms with E-state index in [1.807, 2.05) is 10.3 Å². The molecule has 1 unspecified atom stereocenters. The first-order valence-corrected chi connectivity index (χ1v) is 10.9. The highest BCUT2D eigenvalue weighted by Gasteiger charge is 2.31. The summed E-state index contributed by atoms with van der Waals surface area (Å²) in [6.07, 6.45) is 0.473. The van der Waals surface area contributed by atoms with E-state index >= 15 is 0 Å². The van der Waals surface area contributed by atoms with E-state index in [2.05, 4.69) is 9.88 Å². The molecule has 1 aromatic heterocycles. The summed E-state index contributed by atoms with van der Waals surface area (Å²) < 4.78 is 38.2. The normalized spacial score (nSPS) is 20.5. The Labute approximate surface area is 172 Å². The Morgan fingerprint density at radius 2 is 1.83 bits per heavy atom. The Hall–Kier alpha value is -1.93. The quantitative estimate of drug-likeness (QED) is 0.713. The standard InChI is InChI=1S/C21H24F3N3OS/c22-21(23,24)16-7-5-15(6-8-16)20-25-17(14-29-20)12-19(28)27-11-3-4-18(27)13-26-9-1-2-10-26/h5-8,14,18H,1-4,9-13H2. The average molecular weight is 424 g/mol. The minimum Gasteiger partial charge on any atom is -0.338 e. The lowest BCUT2D eigenvalue weighted by Crippen LogP contribution is -2.43. The molecule has 2 aliphatic heterocycles. The van der Waals surface area contributed by atoms with Crippen molar-refractivity contribution in [1.29, 1.82) is 0 Å². The Balaban J connectivity index is 1.38. The van der Waals surface area contributed by atoms with E-state index in [-0.39, 0.29) is 18.4 Å². The topological polar surface area (TPSA) is 36.4 Å². The molecule has 0 bridgehead atoms. The van der Waals surface area contributed by atoms with E-state index in [9.17, 15) is 18.0 Å². The van der Waals surface area contributed by atoms with Crippen LogP contribution >= 0.6 is 11.3 Å². The smallest absolute Gasteiger partial charge is 0.338 e. The lowest BCUT2D eigenvalue weighted by Gasteiger charge is -2.28. The van der Waals surface area contributed by atoms with Crippen LogP contribution in [-0.4, -0.2) is 52.9 Å². The van der Waals surface area contributed by atoms with Gasteiger partial charge in [-0.25, -0.2) is 4.98 Å². The Bertz CT molecular complexity index is 844. The summed E-state index contributed by atoms with van der Waals surface area (Å²) in [5, 5.41) is 2.47. The highest BCUT2D eigenvalue weighted by atomic mass is 32.1. The summed E-state index contributed by atoms with van der Waals surface area (Å²) in [6.45, 7) is 4.01. The predicted molar refractivity (Wildman–Crippen MR) is 107 cm³/mol. The average Bonchev–Trinajstić information content (AvgIpc) is 3.43. The second-order valence-corrected chi connectivity index (χ2v) is 8.64. The molecule has 156 valence electrons. The molecule has 0 N–H and O–H groups in total. The van der Waals surface area contributed by atoms with Crippen LogP contribution in [0.3, 0.4) is 0 Å². The van der Waals surface area contributed by atoms with Gasteiger partial charge in [-0.1, -0.05) is 12.1 Å². The van der Waals surface area contributed by atoms with Gasteiger partial charge in [0.15, 0.2) is 0 Å². The summed E-state index contributed by atoms with van der Waals surface area (Å²) >= 11 is 1.36. The molecule has 1 atom stereocenters. The van der Waals surface area contributed by atoms with Crippen LogP contribution in [0.15, 0.2) is 29.6 Å². The first kappa shape index (κ1) is 20.3. The van der Waals surface area contributed by atoms with Gasteiger partial charge in [0.05, 0.1) is 17.7 Å². The van der Waals surface area contributed by atoms with E-state index < -0.39 is 11.7 Å². The molecule has 8 heteroatoms. The first-order valence-electron chi connectivity index (χ1n) is 10.0. The van der Waals surface area contributed by atoms with Crippen LogP contribution in [-0.2, 0) is 17.4 Å². The van der Waals surface area contributed by atoms with Gasteiger partial charge in [0.2, 0.25) is 5.91 Å². The van der Waals surface area contributed by atoms with Crippen molar-refractivity contribution in [2.75, 3.05) is 26.2 Å². The fourth-order valence-corrected chi connectivity index (χ4v) is 5.02. The summed E-state index contributed by atoms with van der Waals surface area (Å²) in [6, 6.07) is 5.27. The van der Waals surface area contributed by atoms with Crippen LogP contribution in [0.25, 0.3) is 10.6 Å². The van der Waals surface area contributed by atoms with E-state index in [0.717, 1.165) is 51.2 Å². The summed E-state index contributed by atoms with van der Waals surface area (Å²) in [5.74, 6) is 0.0935. The second-order valence-electron chi connectivity index (χ2n) is 7.79. The van der Waals surface area contributed by atoms with Crippen molar-refractivity contribution in [1.82, 2.24) is 14.8 Å². The van der Waals surface area contributed by atoms with Crippen molar-refractivity contribution >= 4 is 17.2 Å². The number of nitrogens with zero attached hydrogens (tertiary/aromatic N) is 3. The van der Waals surface area contributed by atoms with Crippen LogP contribution in [0.4, 0.5) is 13.2 Å². The lowest BCUT2D eigenvalue weighted by atomic mass is 10.1. The molecule has 2 aliphatic rings. The van der Waals surface area contributed by atoms with Crippen molar-refractivity contribution in [3.05, 3.63) is 40.9 Å². The molecule has 0 radical (unpaired) electrons. The van der Waals surface area contributed by atoms with Crippen LogP contribution in [0, 0.1) is 0 Å². The molecule has 2 fully saturated rings. The van der Waals surface area contributed by atoms with Crippen molar-refractivity contribution in [2.45, 2.75) is 44.3 Å². The molecule has 4 nitrogen and oxygen atoms in total. The zero-order valence-corrected chi connectivity index (χ0v) is 16.9. The Kier molecular flexibility index (Phi) is 5.92. The van der Waals surface area contributed by atoms with Crippen molar-refractivity contribution in [3.8, 4) is 10.6 Å². The van der Waals surface area contributed by atoms with Gasteiger partial charge < -0.3 is 9.80 Å². The number of thiazole rings is 1. The van der Waals surface area contributed by atoms with Gasteiger partial charge in [-0.2, -0.15) is 13.2 Å². The molecule has 2 aromatic rings. The number of hydrogen-bond donors (Lipinski definition) is 0. The number of alkyl halides is 3. The molecule has 2 saturated heterocycles. The molecule has 1 amide bonds. The molecule has 29 heavy (non-hydrogen) atoms. The third kappa shape index (κ3) is 4.80. The fraction of sp³-hybridized carbons (Fsp3) is 0.524. The number of carbonyl (C=O) groups is 1. The monoisotopic (exact) mass is 423 g/mol. The largest absolute Gasteiger partial charge is 0.416 e. The molecule has 0 aliphatic carbocycles. The van der Waals surface area contributed by atoms with Crippen molar-refractivity contribution in [2.24, 2.45) is 0 Å². The Morgan fingerprint density at radius 3 is 2.52 bits per heavy atom. The van der Waals surface area contributed by atoms with Crippen LogP contribution in [0.1, 0.15) is 36.9 Å². The van der Waals surface area contributed by atoms with Gasteiger partial charge in [-0.3, -0.25) is 4.79 Å². The predicted octanol–water partition coefficient (Wildman–Crippen LogP) is 4.46. The fourth-order valence-electron chi connectivity index (χ4n) is 4.20. The zero-order chi connectivity index (χ0) is 20.4. The van der Waals surface area contributed by atoms with Gasteiger partial charge in [-0.15, -0.1) is 11.3 Å². The van der Waals surface area contributed by atoms with E-state index in [0.29, 0.717) is 16.3 Å². The molecular weight excluding hydrogens is 399 g/mol. The number of benzene rings is 1. The maximum Gasteiger partial charge on any atom is 0.416 e. The number of carbonyl (C=O) groups excluding carboxylic acids is 1. The van der Waals surface area contributed by atoms with E-state index in [1.165, 1.54) is 36.3 Å². The third-order valence-electron chi connectivity index (χ3n) is 5.71. The Morgan fingerprint density at radius 1 is 1.10 bits per heavy atom. The number of halogens is 3. The van der Waals surface area contributed by atoms with Gasteiger partial charge in [-0.05, 0) is 50.9 Å². The molecule has 0 spiro atoms. The molecule has 4 rings (SSSR count). The maximum absolute atomic E-state index is 12.8. The second kappa shape index (κ2) is 8.44. The van der Waals surface area contributed by atoms with Crippen LogP contribution in [0.5, 0.6) is 0 Å². The van der Waals surface area contributed by atoms with Crippen LogP contribution < -0.4 is 0 Å². The lowest BCUT2D eigenvalue weighted by molar-refractivity contribution is -0.137. The maximum atomic E-state index is 12.8. The molecule has 1 aromatic carbocycles. The number of amides is 1. The number of hydrogen-bond acceptors (Lipinski definition) is 4. The number of rotatable bonds is 5. The highest BCUT2D eigenvalue weighted by molar-refractivity contribution is 7.13. The molecule has 0 saturated carbocycles. The zero-order valence-electron chi connectivity index (χ0n) is 16.1. The minimum atomic E-state index is -4.35. The van der Waals surface area contributed by atoms with Gasteiger partial charge in [0.25, 0.3) is 0 Å². The highest BCUT2D eigenvalue weighted by Crippen LogP contribution is 2.32. The number of aromatic nitrogens is 1. The SMILES string of the molecule is O=C(Cc1csc(-c2ccc(C(F)(F)F)cc2)n1)N1CCCC1CN1CCCC1. The van der Waals surface area contributed by atoms with Gasteiger partial charge in [0, 0.05) is 30.1 Å². The first-order chi connectivity index (χ1) is 13.9. The molecule has 3 heterocycles. The third-order valence-corrected chi connectivity index (χ3v) is 6.65. The van der Waals surface area contributed by atoms with Crippen LogP contribution in [0.2, 0.25) is 0 Å². The van der Waals surface area contributed by atoms with Gasteiger partial charge in [0.1, 0.15) is 5.01 Å². The molecular formula is C21H24F3N3OS. The number of likely N-dealkylation sites (tertiary alicyclic amines) is 2. The van der Waals surface area contributed by atoms with Gasteiger partial charge >= 0.3 is 6.18 Å². The van der Waals surface area contributed by atoms with Crippen molar-refractivity contribution in [3.63, 3.8) is 0 Å². The summed E-state index contributed by atoms with van der Waals surface area (Å²) in [7, 11) is 0. The van der Waals surface area contributed by atoms with E-state index in [4.69, 9.17) is 0 Å². The van der Waals surface area contributed by atoms with Crippen molar-refractivity contribution < 1.29 is 18.0 Å². The summed E-state index contributed by atoms with van der Waals surface area (Å²) in [5.41, 5.74) is 0.641. The minimum absolute atomic E-state index is 0.0935. The summed E-state index contributed by atoms with van der Waals surface area (Å²) in [4.78, 5) is 21.8. The van der Waals surface area contributed by atoms with E-state index in [1.54, 1.807) is 0 Å².